The molecule has 0 radical (unpaired) electrons. The number of pyridine rings is 1. The Morgan fingerprint density at radius 2 is 1.80 bits per heavy atom. The molecule has 2 nitrogen and oxygen atoms in total. The molecule has 0 amide bonds. The second kappa shape index (κ2) is 2.29. The molecule has 1 rings (SSSR count). The van der Waals surface area contributed by atoms with E-state index in [4.69, 9.17) is 0 Å². The highest BCUT2D eigenvalue weighted by Crippen LogP contribution is 2.00. The van der Waals surface area contributed by atoms with Crippen LogP contribution >= 0.6 is 0 Å². The molecule has 1 N–H and O–H groups in total. The molecule has 0 aromatic carbocycles. The van der Waals surface area contributed by atoms with Gasteiger partial charge in [0.15, 0.2) is 0 Å². The highest BCUT2D eigenvalue weighted by Gasteiger charge is 2.09. The van der Waals surface area contributed by atoms with E-state index in [2.05, 4.69) is 0 Å². The number of nitrogens with zero attached hydrogens (tertiary/aromatic N) is 1. The van der Waals surface area contributed by atoms with Crippen LogP contribution in [-0.2, 0) is 0 Å². The Balaban J connectivity index is 3.34. The second-order valence-corrected chi connectivity index (χ2v) is 2.55. The van der Waals surface area contributed by atoms with Crippen molar-refractivity contribution in [2.24, 2.45) is 0 Å². The van der Waals surface area contributed by atoms with Gasteiger partial charge in [-0.25, -0.2) is 0 Å². The summed E-state index contributed by atoms with van der Waals surface area (Å²) in [6.07, 6.45) is 0. The van der Waals surface area contributed by atoms with Gasteiger partial charge >= 0.3 is 0 Å². The minimum Gasteiger partial charge on any atom is -0.285 e. The smallest absolute Gasteiger partial charge is 0.234 e. The van der Waals surface area contributed by atoms with Crippen LogP contribution in [0.4, 0.5) is 0 Å². The third-order valence-corrected chi connectivity index (χ3v) is 1.80. The van der Waals surface area contributed by atoms with Crippen molar-refractivity contribution in [3.05, 3.63) is 29.1 Å². The van der Waals surface area contributed by atoms with Gasteiger partial charge in [0.1, 0.15) is 0 Å². The van der Waals surface area contributed by atoms with Gasteiger partial charge in [-0.05, 0) is 13.0 Å². The standard InChI is InChI=1S/C8H12NO/c1-6-4-5-7(2)9(10)8(6)3/h4-5,10H,1-3H3/q+1. The molecule has 0 saturated carbocycles. The van der Waals surface area contributed by atoms with E-state index >= 15 is 0 Å². The summed E-state index contributed by atoms with van der Waals surface area (Å²) in [6, 6.07) is 3.89. The van der Waals surface area contributed by atoms with E-state index in [1.54, 1.807) is 0 Å². The zero-order valence-electron chi connectivity index (χ0n) is 6.55. The van der Waals surface area contributed by atoms with Gasteiger partial charge in [-0.1, -0.05) is 0 Å². The first-order valence-electron chi connectivity index (χ1n) is 3.31. The van der Waals surface area contributed by atoms with Gasteiger partial charge in [-0.3, -0.25) is 5.21 Å². The van der Waals surface area contributed by atoms with Crippen LogP contribution in [0, 0.1) is 20.8 Å². The fraction of sp³-hybridized carbons (Fsp3) is 0.375. The molecule has 1 aromatic heterocycles. The monoisotopic (exact) mass is 138 g/mol. The number of aromatic nitrogens is 1. The van der Waals surface area contributed by atoms with Crippen LogP contribution in [0.3, 0.4) is 0 Å². The van der Waals surface area contributed by atoms with Crippen molar-refractivity contribution in [2.45, 2.75) is 20.8 Å². The molecule has 1 heterocycles. The van der Waals surface area contributed by atoms with E-state index in [1.165, 1.54) is 4.73 Å². The lowest BCUT2D eigenvalue weighted by molar-refractivity contribution is -0.913. The number of rotatable bonds is 0. The molecule has 54 valence electrons. The Kier molecular flexibility index (Phi) is 1.62. The first kappa shape index (κ1) is 7.06. The van der Waals surface area contributed by atoms with Crippen molar-refractivity contribution in [3.63, 3.8) is 0 Å². The Morgan fingerprint density at radius 1 is 1.20 bits per heavy atom. The molecule has 0 aliphatic rings. The molecule has 0 aliphatic carbocycles. The summed E-state index contributed by atoms with van der Waals surface area (Å²) in [5, 5.41) is 9.30. The minimum atomic E-state index is 0.864. The highest BCUT2D eigenvalue weighted by molar-refractivity contribution is 5.13. The highest BCUT2D eigenvalue weighted by atomic mass is 16.5. The molecule has 1 aromatic rings. The Morgan fingerprint density at radius 3 is 2.30 bits per heavy atom. The first-order valence-corrected chi connectivity index (χ1v) is 3.31. The molecule has 0 saturated heterocycles. The van der Waals surface area contributed by atoms with Gasteiger partial charge in [0.25, 0.3) is 0 Å². The van der Waals surface area contributed by atoms with Gasteiger partial charge in [0.2, 0.25) is 11.4 Å². The molecule has 0 unspecified atom stereocenters. The summed E-state index contributed by atoms with van der Waals surface area (Å²) < 4.78 is 1.20. The van der Waals surface area contributed by atoms with E-state index < -0.39 is 0 Å². The SMILES string of the molecule is Cc1ccc(C)[n+](O)c1C. The maximum atomic E-state index is 9.30. The third kappa shape index (κ3) is 0.967. The van der Waals surface area contributed by atoms with Crippen LogP contribution in [0.25, 0.3) is 0 Å². The Labute approximate surface area is 60.7 Å². The molecule has 0 atom stereocenters. The third-order valence-electron chi connectivity index (χ3n) is 1.80. The lowest BCUT2D eigenvalue weighted by atomic mass is 10.2. The maximum absolute atomic E-state index is 9.30. The normalized spacial score (nSPS) is 9.90. The maximum Gasteiger partial charge on any atom is 0.234 e. The summed E-state index contributed by atoms with van der Waals surface area (Å²) in [6.45, 7) is 5.73. The van der Waals surface area contributed by atoms with E-state index in [1.807, 2.05) is 32.9 Å². The summed E-state index contributed by atoms with van der Waals surface area (Å²) in [4.78, 5) is 0. The topological polar surface area (TPSA) is 24.1 Å². The number of hydrogen-bond acceptors (Lipinski definition) is 1. The van der Waals surface area contributed by atoms with Gasteiger partial charge in [0.05, 0.1) is 0 Å². The lowest BCUT2D eigenvalue weighted by Crippen LogP contribution is -2.37. The molecular formula is C8H12NO+. The molecule has 10 heavy (non-hydrogen) atoms. The Hall–Kier alpha value is -1.05. The summed E-state index contributed by atoms with van der Waals surface area (Å²) in [5.41, 5.74) is 2.87. The molecule has 0 bridgehead atoms. The average molecular weight is 138 g/mol. The molecule has 2 heteroatoms. The lowest BCUT2D eigenvalue weighted by Gasteiger charge is -1.95. The largest absolute Gasteiger partial charge is 0.285 e. The van der Waals surface area contributed by atoms with Gasteiger partial charge in [0, 0.05) is 30.2 Å². The average Bonchev–Trinajstić information content (AvgIpc) is 1.93. The quantitative estimate of drug-likeness (QED) is 0.422. The van der Waals surface area contributed by atoms with Crippen LogP contribution in [0.5, 0.6) is 0 Å². The van der Waals surface area contributed by atoms with Crippen LogP contribution in [0.2, 0.25) is 0 Å². The Bertz CT molecular complexity index is 229. The fourth-order valence-electron chi connectivity index (χ4n) is 0.868. The number of hydrogen-bond donors (Lipinski definition) is 1. The van der Waals surface area contributed by atoms with E-state index in [0.29, 0.717) is 0 Å². The van der Waals surface area contributed by atoms with Crippen molar-refractivity contribution < 1.29 is 9.94 Å². The summed E-state index contributed by atoms with van der Waals surface area (Å²) in [7, 11) is 0. The van der Waals surface area contributed by atoms with Crippen molar-refractivity contribution in [1.29, 1.82) is 0 Å². The molecule has 0 fully saturated rings. The fourth-order valence-corrected chi connectivity index (χ4v) is 0.868. The minimum absolute atomic E-state index is 0.864. The van der Waals surface area contributed by atoms with Gasteiger partial charge in [-0.15, -0.1) is 0 Å². The van der Waals surface area contributed by atoms with Crippen LogP contribution in [-0.4, -0.2) is 5.21 Å². The molecular weight excluding hydrogens is 126 g/mol. The first-order chi connectivity index (χ1) is 4.63. The molecule has 0 aliphatic heterocycles. The van der Waals surface area contributed by atoms with Crippen molar-refractivity contribution >= 4 is 0 Å². The second-order valence-electron chi connectivity index (χ2n) is 2.55. The van der Waals surface area contributed by atoms with E-state index in [-0.39, 0.29) is 0 Å². The summed E-state index contributed by atoms with van der Waals surface area (Å²) >= 11 is 0. The zero-order chi connectivity index (χ0) is 7.72. The summed E-state index contributed by atoms with van der Waals surface area (Å²) in [5.74, 6) is 0. The number of aryl methyl sites for hydroxylation is 2. The van der Waals surface area contributed by atoms with E-state index in [9.17, 15) is 5.21 Å². The van der Waals surface area contributed by atoms with Crippen molar-refractivity contribution in [1.82, 2.24) is 0 Å². The predicted molar refractivity (Wildman–Crippen MR) is 38.0 cm³/mol. The predicted octanol–water partition coefficient (Wildman–Crippen LogP) is 1.14. The van der Waals surface area contributed by atoms with Crippen molar-refractivity contribution in [2.75, 3.05) is 0 Å². The van der Waals surface area contributed by atoms with E-state index in [0.717, 1.165) is 17.0 Å². The zero-order valence-corrected chi connectivity index (χ0v) is 6.55. The van der Waals surface area contributed by atoms with Crippen LogP contribution < -0.4 is 4.73 Å². The van der Waals surface area contributed by atoms with Gasteiger partial charge < -0.3 is 0 Å². The molecule has 0 spiro atoms. The van der Waals surface area contributed by atoms with Crippen molar-refractivity contribution in [3.8, 4) is 0 Å². The van der Waals surface area contributed by atoms with Gasteiger partial charge in [-0.2, -0.15) is 0 Å². The van der Waals surface area contributed by atoms with Crippen LogP contribution in [0.15, 0.2) is 12.1 Å². The van der Waals surface area contributed by atoms with Crippen LogP contribution in [0.1, 0.15) is 17.0 Å².